The van der Waals surface area contributed by atoms with Crippen LogP contribution in [0.1, 0.15) is 11.1 Å². The maximum Gasteiger partial charge on any atom is 0.219 e. The summed E-state index contributed by atoms with van der Waals surface area (Å²) >= 11 is 0. The van der Waals surface area contributed by atoms with Crippen molar-refractivity contribution in [2.45, 2.75) is 6.42 Å². The zero-order valence-corrected chi connectivity index (χ0v) is 10.3. The van der Waals surface area contributed by atoms with Crippen LogP contribution in [0, 0.1) is 5.41 Å². The van der Waals surface area contributed by atoms with Gasteiger partial charge >= 0.3 is 0 Å². The van der Waals surface area contributed by atoms with Gasteiger partial charge in [0.15, 0.2) is 0 Å². The summed E-state index contributed by atoms with van der Waals surface area (Å²) in [6.45, 7) is 0.0568. The average Bonchev–Trinajstić information content (AvgIpc) is 2.41. The molecule has 0 atom stereocenters. The normalized spacial score (nSPS) is 10.2. The minimum absolute atomic E-state index is 0.0316. The van der Waals surface area contributed by atoms with E-state index in [0.717, 1.165) is 5.56 Å². The standard InChI is InChI=1S/C14H15N3O2/c15-14(16)11-5-7-17-13(9-11)19-12-4-2-1-3-10(12)6-8-18/h1-5,7,9,18H,6,8H2,(H3,15,16). The summed E-state index contributed by atoms with van der Waals surface area (Å²) in [4.78, 5) is 4.08. The highest BCUT2D eigenvalue weighted by Gasteiger charge is 2.06. The molecule has 4 N–H and O–H groups in total. The minimum atomic E-state index is -0.0316. The lowest BCUT2D eigenvalue weighted by Crippen LogP contribution is -2.11. The van der Waals surface area contributed by atoms with Gasteiger partial charge in [0.05, 0.1) is 0 Å². The van der Waals surface area contributed by atoms with Gasteiger partial charge in [0.25, 0.3) is 0 Å². The summed E-state index contributed by atoms with van der Waals surface area (Å²) in [5.41, 5.74) is 6.88. The number of amidine groups is 1. The molecule has 0 fully saturated rings. The van der Waals surface area contributed by atoms with Crippen molar-refractivity contribution in [3.8, 4) is 11.6 Å². The van der Waals surface area contributed by atoms with E-state index in [1.165, 1.54) is 0 Å². The second kappa shape index (κ2) is 5.97. The zero-order valence-electron chi connectivity index (χ0n) is 10.3. The molecule has 0 unspecified atom stereocenters. The molecule has 0 amide bonds. The number of para-hydroxylation sites is 1. The van der Waals surface area contributed by atoms with Crippen molar-refractivity contribution in [1.82, 2.24) is 4.98 Å². The molecule has 5 heteroatoms. The van der Waals surface area contributed by atoms with Crippen LogP contribution in [0.5, 0.6) is 11.6 Å². The Kier molecular flexibility index (Phi) is 4.10. The number of ether oxygens (including phenoxy) is 1. The van der Waals surface area contributed by atoms with Gasteiger partial charge < -0.3 is 15.6 Å². The Morgan fingerprint density at radius 3 is 2.84 bits per heavy atom. The first-order valence-electron chi connectivity index (χ1n) is 5.88. The summed E-state index contributed by atoms with van der Waals surface area (Å²) in [5, 5.41) is 16.4. The number of nitrogens with zero attached hydrogens (tertiary/aromatic N) is 1. The number of nitrogens with one attached hydrogen (secondary N) is 1. The molecule has 2 aromatic rings. The molecule has 19 heavy (non-hydrogen) atoms. The molecule has 5 nitrogen and oxygen atoms in total. The summed E-state index contributed by atoms with van der Waals surface area (Å²) in [6, 6.07) is 10.7. The molecule has 0 saturated heterocycles. The second-order valence-electron chi connectivity index (χ2n) is 3.98. The van der Waals surface area contributed by atoms with Crippen LogP contribution in [0.25, 0.3) is 0 Å². The van der Waals surface area contributed by atoms with Crippen LogP contribution in [0.4, 0.5) is 0 Å². The van der Waals surface area contributed by atoms with Crippen molar-refractivity contribution < 1.29 is 9.84 Å². The maximum atomic E-state index is 9.01. The van der Waals surface area contributed by atoms with Crippen molar-refractivity contribution in [2.75, 3.05) is 6.61 Å². The van der Waals surface area contributed by atoms with E-state index >= 15 is 0 Å². The van der Waals surface area contributed by atoms with E-state index in [2.05, 4.69) is 4.98 Å². The Bertz CT molecular complexity index is 584. The van der Waals surface area contributed by atoms with Crippen molar-refractivity contribution in [3.63, 3.8) is 0 Å². The van der Waals surface area contributed by atoms with Crippen LogP contribution < -0.4 is 10.5 Å². The number of rotatable bonds is 5. The lowest BCUT2D eigenvalue weighted by atomic mass is 10.1. The van der Waals surface area contributed by atoms with Crippen molar-refractivity contribution in [2.24, 2.45) is 5.73 Å². The van der Waals surface area contributed by atoms with E-state index in [4.69, 9.17) is 21.0 Å². The highest BCUT2D eigenvalue weighted by atomic mass is 16.5. The number of aliphatic hydroxyl groups is 1. The highest BCUT2D eigenvalue weighted by Crippen LogP contribution is 2.24. The Balaban J connectivity index is 2.26. The molecule has 2 rings (SSSR count). The van der Waals surface area contributed by atoms with Crippen molar-refractivity contribution in [1.29, 1.82) is 5.41 Å². The topological polar surface area (TPSA) is 92.2 Å². The van der Waals surface area contributed by atoms with Gasteiger partial charge in [0, 0.05) is 24.4 Å². The van der Waals surface area contributed by atoms with Gasteiger partial charge in [0.2, 0.25) is 5.88 Å². The smallest absolute Gasteiger partial charge is 0.219 e. The number of aromatic nitrogens is 1. The Labute approximate surface area is 111 Å². The number of pyridine rings is 1. The molecule has 0 aliphatic heterocycles. The molecule has 0 bridgehead atoms. The fraction of sp³-hybridized carbons (Fsp3) is 0.143. The molecule has 1 aromatic heterocycles. The van der Waals surface area contributed by atoms with Gasteiger partial charge in [-0.1, -0.05) is 18.2 Å². The van der Waals surface area contributed by atoms with Crippen LogP contribution in [0.2, 0.25) is 0 Å². The second-order valence-corrected chi connectivity index (χ2v) is 3.98. The predicted molar refractivity (Wildman–Crippen MR) is 72.6 cm³/mol. The number of benzene rings is 1. The highest BCUT2D eigenvalue weighted by molar-refractivity contribution is 5.95. The predicted octanol–water partition coefficient (Wildman–Crippen LogP) is 1.69. The SMILES string of the molecule is N=C(N)c1ccnc(Oc2ccccc2CCO)c1. The molecular formula is C14H15N3O2. The Morgan fingerprint density at radius 2 is 2.11 bits per heavy atom. The largest absolute Gasteiger partial charge is 0.439 e. The number of nitrogens with two attached hydrogens (primary N) is 1. The summed E-state index contributed by atoms with van der Waals surface area (Å²) in [5.74, 6) is 0.985. The van der Waals surface area contributed by atoms with E-state index in [1.54, 1.807) is 18.3 Å². The van der Waals surface area contributed by atoms with Crippen LogP contribution in [0.3, 0.4) is 0 Å². The third-order valence-electron chi connectivity index (χ3n) is 2.61. The van der Waals surface area contributed by atoms with Gasteiger partial charge in [-0.25, -0.2) is 4.98 Å². The molecule has 98 valence electrons. The molecule has 0 aliphatic rings. The molecule has 0 aliphatic carbocycles. The van der Waals surface area contributed by atoms with E-state index < -0.39 is 0 Å². The van der Waals surface area contributed by atoms with Gasteiger partial charge in [-0.2, -0.15) is 0 Å². The van der Waals surface area contributed by atoms with Crippen molar-refractivity contribution >= 4 is 5.84 Å². The summed E-state index contributed by atoms with van der Waals surface area (Å²) < 4.78 is 5.68. The van der Waals surface area contributed by atoms with E-state index in [-0.39, 0.29) is 12.4 Å². The van der Waals surface area contributed by atoms with E-state index in [9.17, 15) is 0 Å². The molecule has 0 saturated carbocycles. The Morgan fingerprint density at radius 1 is 1.32 bits per heavy atom. The van der Waals surface area contributed by atoms with E-state index in [1.807, 2.05) is 24.3 Å². The fourth-order valence-corrected chi connectivity index (χ4v) is 1.68. The third kappa shape index (κ3) is 3.29. The van der Waals surface area contributed by atoms with Gasteiger partial charge in [-0.15, -0.1) is 0 Å². The van der Waals surface area contributed by atoms with E-state index in [0.29, 0.717) is 23.6 Å². The lowest BCUT2D eigenvalue weighted by Gasteiger charge is -2.10. The van der Waals surface area contributed by atoms with Gasteiger partial charge in [-0.05, 0) is 24.1 Å². The maximum absolute atomic E-state index is 9.01. The fourth-order valence-electron chi connectivity index (χ4n) is 1.68. The first-order valence-corrected chi connectivity index (χ1v) is 5.88. The third-order valence-corrected chi connectivity index (χ3v) is 2.61. The number of hydrogen-bond acceptors (Lipinski definition) is 4. The summed E-state index contributed by atoms with van der Waals surface area (Å²) in [7, 11) is 0. The quantitative estimate of drug-likeness (QED) is 0.561. The molecule has 1 aromatic carbocycles. The molecule has 1 heterocycles. The monoisotopic (exact) mass is 257 g/mol. The minimum Gasteiger partial charge on any atom is -0.439 e. The first-order chi connectivity index (χ1) is 9.20. The van der Waals surface area contributed by atoms with Gasteiger partial charge in [-0.3, -0.25) is 5.41 Å². The summed E-state index contributed by atoms with van der Waals surface area (Å²) in [6.07, 6.45) is 2.06. The average molecular weight is 257 g/mol. The van der Waals surface area contributed by atoms with Crippen molar-refractivity contribution in [3.05, 3.63) is 53.7 Å². The van der Waals surface area contributed by atoms with Gasteiger partial charge in [0.1, 0.15) is 11.6 Å². The first kappa shape index (κ1) is 13.0. The number of aliphatic hydroxyl groups excluding tert-OH is 1. The number of hydrogen-bond donors (Lipinski definition) is 3. The molecule has 0 spiro atoms. The van der Waals surface area contributed by atoms with Crippen LogP contribution in [-0.4, -0.2) is 22.5 Å². The van der Waals surface area contributed by atoms with Crippen LogP contribution in [-0.2, 0) is 6.42 Å². The molecular weight excluding hydrogens is 242 g/mol. The molecule has 0 radical (unpaired) electrons. The lowest BCUT2D eigenvalue weighted by molar-refractivity contribution is 0.297. The Hall–Kier alpha value is -2.40. The number of nitrogen functional groups attached to an aromatic ring is 1. The van der Waals surface area contributed by atoms with Crippen LogP contribution >= 0.6 is 0 Å². The zero-order chi connectivity index (χ0) is 13.7. The van der Waals surface area contributed by atoms with Crippen LogP contribution in [0.15, 0.2) is 42.6 Å².